The molecule has 28 heavy (non-hydrogen) atoms. The van der Waals surface area contributed by atoms with Crippen molar-refractivity contribution in [3.05, 3.63) is 82.9 Å². The monoisotopic (exact) mass is 368 g/mol. The zero-order chi connectivity index (χ0) is 19.7. The molecule has 0 aliphatic carbocycles. The van der Waals surface area contributed by atoms with Crippen LogP contribution in [-0.2, 0) is 0 Å². The Morgan fingerprint density at radius 1 is 0.679 bits per heavy atom. The van der Waals surface area contributed by atoms with Gasteiger partial charge in [-0.25, -0.2) is 0 Å². The Morgan fingerprint density at radius 2 is 1.04 bits per heavy atom. The van der Waals surface area contributed by atoms with Crippen molar-refractivity contribution in [2.45, 2.75) is 12.3 Å². The molecule has 6 nitrogen and oxygen atoms in total. The Morgan fingerprint density at radius 3 is 1.36 bits per heavy atom. The highest BCUT2D eigenvalue weighted by Crippen LogP contribution is 2.48. The molecule has 2 aliphatic heterocycles. The van der Waals surface area contributed by atoms with Crippen LogP contribution < -0.4 is 10.6 Å². The van der Waals surface area contributed by atoms with Gasteiger partial charge in [0.25, 0.3) is 0 Å². The first-order valence-electron chi connectivity index (χ1n) is 9.03. The van der Waals surface area contributed by atoms with Crippen molar-refractivity contribution in [1.29, 1.82) is 10.5 Å². The van der Waals surface area contributed by atoms with Crippen LogP contribution in [0.4, 0.5) is 0 Å². The zero-order valence-electron chi connectivity index (χ0n) is 15.7. The third kappa shape index (κ3) is 2.55. The summed E-state index contributed by atoms with van der Waals surface area (Å²) in [6.45, 7) is 0. The summed E-state index contributed by atoms with van der Waals surface area (Å²) in [5.74, 6) is 0. The van der Waals surface area contributed by atoms with Crippen molar-refractivity contribution >= 4 is 11.4 Å². The minimum Gasteiger partial charge on any atom is -0.349 e. The van der Waals surface area contributed by atoms with E-state index in [9.17, 15) is 10.5 Å². The van der Waals surface area contributed by atoms with Crippen LogP contribution in [0.15, 0.2) is 71.8 Å². The standard InChI is InChI=1S/C22H20N6/c1-27-19(15-9-5-3-6-10-15)17-18(21(27)25-13-23)20(16-11-7-4-8-12-16)28(2)22(17)26-14-24/h3-12,21-22,25-26H,1-2H3. The van der Waals surface area contributed by atoms with Gasteiger partial charge < -0.3 is 9.80 Å². The van der Waals surface area contributed by atoms with E-state index in [1.54, 1.807) is 0 Å². The van der Waals surface area contributed by atoms with E-state index in [1.807, 2.05) is 50.5 Å². The molecule has 2 aromatic carbocycles. The van der Waals surface area contributed by atoms with Crippen molar-refractivity contribution in [2.75, 3.05) is 14.1 Å². The molecule has 0 saturated heterocycles. The van der Waals surface area contributed by atoms with Crippen LogP contribution in [0.5, 0.6) is 0 Å². The molecule has 2 atom stereocenters. The van der Waals surface area contributed by atoms with Gasteiger partial charge >= 0.3 is 0 Å². The predicted molar refractivity (Wildman–Crippen MR) is 107 cm³/mol. The number of hydrogen-bond acceptors (Lipinski definition) is 6. The molecule has 0 spiro atoms. The largest absolute Gasteiger partial charge is 0.349 e. The predicted octanol–water partition coefficient (Wildman–Crippen LogP) is 2.49. The maximum absolute atomic E-state index is 9.40. The summed E-state index contributed by atoms with van der Waals surface area (Å²) in [6, 6.07) is 20.1. The number of fused-ring (bicyclic) bond motifs is 1. The number of benzene rings is 2. The Bertz CT molecular complexity index is 941. The highest BCUT2D eigenvalue weighted by Gasteiger charge is 2.47. The molecule has 2 unspecified atom stereocenters. The van der Waals surface area contributed by atoms with E-state index in [0.29, 0.717) is 0 Å². The molecular weight excluding hydrogens is 348 g/mol. The molecule has 6 heteroatoms. The lowest BCUT2D eigenvalue weighted by Gasteiger charge is -2.30. The van der Waals surface area contributed by atoms with Gasteiger partial charge in [-0.05, 0) is 11.1 Å². The van der Waals surface area contributed by atoms with Crippen LogP contribution in [0.3, 0.4) is 0 Å². The first-order valence-corrected chi connectivity index (χ1v) is 9.03. The summed E-state index contributed by atoms with van der Waals surface area (Å²) in [6.07, 6.45) is 3.59. The van der Waals surface area contributed by atoms with Crippen molar-refractivity contribution in [1.82, 2.24) is 20.4 Å². The minimum absolute atomic E-state index is 0.307. The molecule has 2 aromatic rings. The molecule has 138 valence electrons. The summed E-state index contributed by atoms with van der Waals surface area (Å²) in [5.41, 5.74) is 6.15. The second-order valence-electron chi connectivity index (χ2n) is 6.80. The van der Waals surface area contributed by atoms with Crippen molar-refractivity contribution < 1.29 is 0 Å². The second-order valence-corrected chi connectivity index (χ2v) is 6.80. The Balaban J connectivity index is 2.01. The molecule has 0 aromatic heterocycles. The van der Waals surface area contributed by atoms with Gasteiger partial charge in [0.2, 0.25) is 0 Å². The van der Waals surface area contributed by atoms with E-state index in [-0.39, 0.29) is 12.3 Å². The molecular formula is C22H20N6. The number of nitrogens with zero attached hydrogens (tertiary/aromatic N) is 4. The normalized spacial score (nSPS) is 20.7. The van der Waals surface area contributed by atoms with E-state index >= 15 is 0 Å². The summed E-state index contributed by atoms with van der Waals surface area (Å²) >= 11 is 0. The number of nitrogens with one attached hydrogen (secondary N) is 2. The first-order chi connectivity index (χ1) is 13.7. The molecule has 2 aliphatic rings. The number of hydrogen-bond donors (Lipinski definition) is 2. The van der Waals surface area contributed by atoms with Crippen LogP contribution in [-0.4, -0.2) is 36.2 Å². The number of nitriles is 2. The number of likely N-dealkylation sites (N-methyl/N-ethyl adjacent to an activating group) is 2. The summed E-state index contributed by atoms with van der Waals surface area (Å²) < 4.78 is 0. The van der Waals surface area contributed by atoms with Crippen molar-refractivity contribution in [2.24, 2.45) is 0 Å². The van der Waals surface area contributed by atoms with Gasteiger partial charge in [-0.15, -0.1) is 0 Å². The van der Waals surface area contributed by atoms with Gasteiger partial charge in [0.05, 0.1) is 11.4 Å². The molecule has 0 radical (unpaired) electrons. The van der Waals surface area contributed by atoms with Crippen LogP contribution >= 0.6 is 0 Å². The average molecular weight is 368 g/mol. The maximum atomic E-state index is 9.40. The molecule has 2 N–H and O–H groups in total. The Kier molecular flexibility index (Phi) is 4.39. The fraction of sp³-hybridized carbons (Fsp3) is 0.182. The molecule has 2 heterocycles. The van der Waals surface area contributed by atoms with E-state index in [4.69, 9.17) is 0 Å². The molecule has 0 fully saturated rings. The van der Waals surface area contributed by atoms with Crippen LogP contribution in [0.1, 0.15) is 11.1 Å². The Hall–Kier alpha value is -3.90. The highest BCUT2D eigenvalue weighted by atomic mass is 15.3. The second kappa shape index (κ2) is 7.02. The Labute approximate surface area is 164 Å². The topological polar surface area (TPSA) is 78.1 Å². The summed E-state index contributed by atoms with van der Waals surface area (Å²) in [7, 11) is 3.95. The van der Waals surface area contributed by atoms with Crippen LogP contribution in [0.2, 0.25) is 0 Å². The molecule has 0 saturated carbocycles. The fourth-order valence-electron chi connectivity index (χ4n) is 4.20. The van der Waals surface area contributed by atoms with E-state index < -0.39 is 0 Å². The molecule has 4 rings (SSSR count). The van der Waals surface area contributed by atoms with Crippen molar-refractivity contribution in [3.8, 4) is 12.4 Å². The highest BCUT2D eigenvalue weighted by molar-refractivity contribution is 5.88. The van der Waals surface area contributed by atoms with Gasteiger partial charge in [0.15, 0.2) is 12.4 Å². The van der Waals surface area contributed by atoms with Gasteiger partial charge in [0, 0.05) is 25.2 Å². The van der Waals surface area contributed by atoms with Crippen LogP contribution in [0, 0.1) is 22.9 Å². The number of rotatable bonds is 4. The van der Waals surface area contributed by atoms with Gasteiger partial charge in [-0.1, -0.05) is 60.7 Å². The first kappa shape index (κ1) is 17.5. The third-order valence-electron chi connectivity index (χ3n) is 5.32. The summed E-state index contributed by atoms with van der Waals surface area (Å²) in [4.78, 5) is 4.15. The van der Waals surface area contributed by atoms with Crippen molar-refractivity contribution in [3.63, 3.8) is 0 Å². The van der Waals surface area contributed by atoms with Gasteiger partial charge in [0.1, 0.15) is 12.3 Å². The average Bonchev–Trinajstić information content (AvgIpc) is 3.15. The van der Waals surface area contributed by atoms with Crippen LogP contribution in [0.25, 0.3) is 11.4 Å². The van der Waals surface area contributed by atoms with Gasteiger partial charge in [-0.2, -0.15) is 10.5 Å². The van der Waals surface area contributed by atoms with E-state index in [0.717, 1.165) is 33.7 Å². The lowest BCUT2D eigenvalue weighted by Crippen LogP contribution is -2.39. The molecule has 0 bridgehead atoms. The lowest BCUT2D eigenvalue weighted by molar-refractivity contribution is 0.369. The van der Waals surface area contributed by atoms with Gasteiger partial charge in [-0.3, -0.25) is 10.6 Å². The van der Waals surface area contributed by atoms with E-state index in [1.165, 1.54) is 0 Å². The summed E-state index contributed by atoms with van der Waals surface area (Å²) in [5, 5.41) is 24.7. The fourth-order valence-corrected chi connectivity index (χ4v) is 4.20. The molecule has 0 amide bonds. The lowest BCUT2D eigenvalue weighted by atomic mass is 10.00. The SMILES string of the molecule is CN1C(c2ccccc2)=C2C(=C(c3ccccc3)N(C)C2NC#N)C1NC#N. The quantitative estimate of drug-likeness (QED) is 0.638. The third-order valence-corrected chi connectivity index (χ3v) is 5.32. The maximum Gasteiger partial charge on any atom is 0.178 e. The minimum atomic E-state index is -0.307. The smallest absolute Gasteiger partial charge is 0.178 e. The zero-order valence-corrected chi connectivity index (χ0v) is 15.7. The van der Waals surface area contributed by atoms with E-state index in [2.05, 4.69) is 57.1 Å².